The average molecular weight is 220 g/mol. The van der Waals surface area contributed by atoms with Crippen molar-refractivity contribution in [1.29, 1.82) is 0 Å². The maximum atomic E-state index is 11.3. The van der Waals surface area contributed by atoms with E-state index in [1.165, 1.54) is 32.8 Å². The van der Waals surface area contributed by atoms with E-state index in [-0.39, 0.29) is 18.4 Å². The van der Waals surface area contributed by atoms with Gasteiger partial charge in [-0.3, -0.25) is 4.79 Å². The van der Waals surface area contributed by atoms with Gasteiger partial charge in [0.05, 0.1) is 7.11 Å². The van der Waals surface area contributed by atoms with Gasteiger partial charge in [-0.25, -0.2) is 0 Å². The van der Waals surface area contributed by atoms with Crippen molar-refractivity contribution < 1.29 is 9.53 Å². The van der Waals surface area contributed by atoms with Crippen molar-refractivity contribution in [1.82, 2.24) is 0 Å². The summed E-state index contributed by atoms with van der Waals surface area (Å²) in [7, 11) is 1.41. The summed E-state index contributed by atoms with van der Waals surface area (Å²) in [6, 6.07) is 0. The molecule has 2 aliphatic rings. The molecule has 2 aliphatic carbocycles. The van der Waals surface area contributed by atoms with Crippen LogP contribution in [-0.2, 0) is 9.53 Å². The zero-order chi connectivity index (χ0) is 9.53. The van der Waals surface area contributed by atoms with E-state index in [0.29, 0.717) is 5.41 Å². The van der Waals surface area contributed by atoms with Crippen molar-refractivity contribution in [3.8, 4) is 0 Å². The number of rotatable bonds is 1. The summed E-state index contributed by atoms with van der Waals surface area (Å²) in [6.45, 7) is 0. The van der Waals surface area contributed by atoms with E-state index in [2.05, 4.69) is 0 Å². The standard InChI is InChI=1S/C10H17NO2.ClH/c1-13-8(12)10(11)6-9(7-10)4-2-3-5-9;/h2-7,11H2,1H3;1H. The Bertz CT molecular complexity index is 228. The first-order valence-corrected chi connectivity index (χ1v) is 4.98. The highest BCUT2D eigenvalue weighted by Crippen LogP contribution is 2.57. The van der Waals surface area contributed by atoms with Gasteiger partial charge in [-0.2, -0.15) is 0 Å². The molecule has 0 aromatic carbocycles. The summed E-state index contributed by atoms with van der Waals surface area (Å²) >= 11 is 0. The lowest BCUT2D eigenvalue weighted by Crippen LogP contribution is -2.62. The lowest BCUT2D eigenvalue weighted by Gasteiger charge is -2.50. The van der Waals surface area contributed by atoms with Crippen LogP contribution in [0.15, 0.2) is 0 Å². The Morgan fingerprint density at radius 2 is 1.79 bits per heavy atom. The molecule has 82 valence electrons. The number of ether oxygens (including phenoxy) is 1. The van der Waals surface area contributed by atoms with E-state index in [1.807, 2.05) is 0 Å². The first-order valence-electron chi connectivity index (χ1n) is 4.98. The molecule has 14 heavy (non-hydrogen) atoms. The van der Waals surface area contributed by atoms with E-state index in [4.69, 9.17) is 10.5 Å². The minimum atomic E-state index is -0.654. The SMILES string of the molecule is COC(=O)C1(N)CC2(CCCC2)C1.Cl. The topological polar surface area (TPSA) is 52.3 Å². The maximum Gasteiger partial charge on any atom is 0.325 e. The van der Waals surface area contributed by atoms with Gasteiger partial charge in [-0.15, -0.1) is 12.4 Å². The van der Waals surface area contributed by atoms with Crippen molar-refractivity contribution in [2.45, 2.75) is 44.1 Å². The Hall–Kier alpha value is -0.280. The Balaban J connectivity index is 0.000000980. The molecule has 0 aromatic heterocycles. The van der Waals surface area contributed by atoms with Crippen LogP contribution >= 0.6 is 12.4 Å². The fourth-order valence-corrected chi connectivity index (χ4v) is 3.11. The molecule has 0 bridgehead atoms. The molecule has 0 amide bonds. The number of esters is 1. The summed E-state index contributed by atoms with van der Waals surface area (Å²) in [6.07, 6.45) is 6.79. The third-order valence-corrected chi connectivity index (χ3v) is 3.64. The molecule has 0 radical (unpaired) electrons. The Kier molecular flexibility index (Phi) is 3.12. The van der Waals surface area contributed by atoms with Gasteiger partial charge in [0.1, 0.15) is 5.54 Å². The number of carbonyl (C=O) groups is 1. The fourth-order valence-electron chi connectivity index (χ4n) is 3.11. The lowest BCUT2D eigenvalue weighted by molar-refractivity contribution is -0.157. The molecular formula is C10H18ClNO2. The highest BCUT2D eigenvalue weighted by Gasteiger charge is 2.57. The summed E-state index contributed by atoms with van der Waals surface area (Å²) < 4.78 is 4.70. The van der Waals surface area contributed by atoms with Gasteiger partial charge in [-0.05, 0) is 31.1 Å². The number of hydrogen-bond acceptors (Lipinski definition) is 3. The maximum absolute atomic E-state index is 11.3. The van der Waals surface area contributed by atoms with Gasteiger partial charge in [0.2, 0.25) is 0 Å². The minimum Gasteiger partial charge on any atom is -0.468 e. The Labute approximate surface area is 90.8 Å². The quantitative estimate of drug-likeness (QED) is 0.682. The van der Waals surface area contributed by atoms with E-state index >= 15 is 0 Å². The van der Waals surface area contributed by atoms with Crippen LogP contribution in [0.3, 0.4) is 0 Å². The Morgan fingerprint density at radius 3 is 2.21 bits per heavy atom. The zero-order valence-corrected chi connectivity index (χ0v) is 9.36. The molecule has 2 fully saturated rings. The number of halogens is 1. The molecule has 0 atom stereocenters. The second-order valence-electron chi connectivity index (χ2n) is 4.71. The van der Waals surface area contributed by atoms with Crippen LogP contribution in [0.1, 0.15) is 38.5 Å². The molecule has 2 N–H and O–H groups in total. The van der Waals surface area contributed by atoms with Crippen LogP contribution in [0.25, 0.3) is 0 Å². The summed E-state index contributed by atoms with van der Waals surface area (Å²) in [5.74, 6) is -0.231. The van der Waals surface area contributed by atoms with Crippen molar-refractivity contribution >= 4 is 18.4 Å². The van der Waals surface area contributed by atoms with Crippen molar-refractivity contribution in [3.63, 3.8) is 0 Å². The molecule has 3 nitrogen and oxygen atoms in total. The van der Waals surface area contributed by atoms with Gasteiger partial charge in [0.15, 0.2) is 0 Å². The van der Waals surface area contributed by atoms with E-state index in [9.17, 15) is 4.79 Å². The summed E-state index contributed by atoms with van der Waals surface area (Å²) in [4.78, 5) is 11.3. The Morgan fingerprint density at radius 1 is 1.29 bits per heavy atom. The minimum absolute atomic E-state index is 0. The molecular weight excluding hydrogens is 202 g/mol. The third kappa shape index (κ3) is 1.63. The molecule has 0 aromatic rings. The smallest absolute Gasteiger partial charge is 0.325 e. The molecule has 0 aliphatic heterocycles. The number of methoxy groups -OCH3 is 1. The molecule has 0 unspecified atom stereocenters. The second kappa shape index (κ2) is 3.70. The first-order chi connectivity index (χ1) is 6.10. The van der Waals surface area contributed by atoms with Crippen molar-refractivity contribution in [2.75, 3.05) is 7.11 Å². The van der Waals surface area contributed by atoms with Gasteiger partial charge in [-0.1, -0.05) is 12.8 Å². The van der Waals surface area contributed by atoms with Crippen molar-refractivity contribution in [3.05, 3.63) is 0 Å². The van der Waals surface area contributed by atoms with Crippen LogP contribution in [0.2, 0.25) is 0 Å². The van der Waals surface area contributed by atoms with Gasteiger partial charge < -0.3 is 10.5 Å². The van der Waals surface area contributed by atoms with E-state index < -0.39 is 5.54 Å². The number of carbonyl (C=O) groups excluding carboxylic acids is 1. The van der Waals surface area contributed by atoms with Gasteiger partial charge in [0.25, 0.3) is 0 Å². The molecule has 4 heteroatoms. The van der Waals surface area contributed by atoms with Gasteiger partial charge in [0, 0.05) is 0 Å². The number of hydrogen-bond donors (Lipinski definition) is 1. The predicted octanol–water partition coefficient (Wildman–Crippen LogP) is 1.63. The normalized spacial score (nSPS) is 26.4. The van der Waals surface area contributed by atoms with Crippen LogP contribution < -0.4 is 5.73 Å². The second-order valence-corrected chi connectivity index (χ2v) is 4.71. The third-order valence-electron chi connectivity index (χ3n) is 3.64. The van der Waals surface area contributed by atoms with E-state index in [1.54, 1.807) is 0 Å². The summed E-state index contributed by atoms with van der Waals surface area (Å²) in [5, 5.41) is 0. The van der Waals surface area contributed by atoms with E-state index in [0.717, 1.165) is 12.8 Å². The van der Waals surface area contributed by atoms with Gasteiger partial charge >= 0.3 is 5.97 Å². The highest BCUT2D eigenvalue weighted by atomic mass is 35.5. The zero-order valence-electron chi connectivity index (χ0n) is 8.54. The average Bonchev–Trinajstić information content (AvgIpc) is 2.50. The molecule has 2 rings (SSSR count). The molecule has 1 spiro atoms. The monoisotopic (exact) mass is 219 g/mol. The largest absolute Gasteiger partial charge is 0.468 e. The first kappa shape index (κ1) is 11.8. The van der Waals surface area contributed by atoms with Crippen LogP contribution in [-0.4, -0.2) is 18.6 Å². The molecule has 2 saturated carbocycles. The fraction of sp³-hybridized carbons (Fsp3) is 0.900. The van der Waals surface area contributed by atoms with Crippen LogP contribution in [0.5, 0.6) is 0 Å². The molecule has 0 heterocycles. The highest BCUT2D eigenvalue weighted by molar-refractivity contribution is 5.85. The van der Waals surface area contributed by atoms with Crippen LogP contribution in [0.4, 0.5) is 0 Å². The van der Waals surface area contributed by atoms with Crippen molar-refractivity contribution in [2.24, 2.45) is 11.1 Å². The lowest BCUT2D eigenvalue weighted by atomic mass is 9.57. The number of nitrogens with two attached hydrogens (primary N) is 1. The predicted molar refractivity (Wildman–Crippen MR) is 56.3 cm³/mol. The molecule has 0 saturated heterocycles. The summed E-state index contributed by atoms with van der Waals surface area (Å²) in [5.41, 5.74) is 5.69. The van der Waals surface area contributed by atoms with Crippen LogP contribution in [0, 0.1) is 5.41 Å².